The quantitative estimate of drug-likeness (QED) is 0.780. The second kappa shape index (κ2) is 5.76. The number of thiophene rings is 1. The fourth-order valence-electron chi connectivity index (χ4n) is 1.43. The molecular formula is C10H12BrClN2S2. The number of alkyl halides is 1. The SMILES string of the molecule is CN(Cc1ccc(Cl)s1)C1=NCC(CBr)S1. The van der Waals surface area contributed by atoms with E-state index in [0.29, 0.717) is 5.25 Å². The lowest BCUT2D eigenvalue weighted by molar-refractivity contribution is 0.516. The van der Waals surface area contributed by atoms with Gasteiger partial charge in [-0.3, -0.25) is 4.99 Å². The van der Waals surface area contributed by atoms with Crippen molar-refractivity contribution in [2.24, 2.45) is 4.99 Å². The summed E-state index contributed by atoms with van der Waals surface area (Å²) < 4.78 is 0.850. The first-order valence-corrected chi connectivity index (χ1v) is 8.11. The summed E-state index contributed by atoms with van der Waals surface area (Å²) in [5.74, 6) is 0. The largest absolute Gasteiger partial charge is 0.349 e. The first-order chi connectivity index (χ1) is 7.69. The molecule has 1 aliphatic rings. The van der Waals surface area contributed by atoms with E-state index < -0.39 is 0 Å². The maximum Gasteiger partial charge on any atom is 0.159 e. The molecule has 6 heteroatoms. The minimum absolute atomic E-state index is 0.587. The molecule has 0 saturated carbocycles. The summed E-state index contributed by atoms with van der Waals surface area (Å²) in [4.78, 5) is 8.00. The average Bonchev–Trinajstić information content (AvgIpc) is 2.87. The molecule has 1 unspecified atom stereocenters. The van der Waals surface area contributed by atoms with Crippen molar-refractivity contribution in [1.82, 2.24) is 4.90 Å². The number of hydrogen-bond acceptors (Lipinski definition) is 4. The smallest absolute Gasteiger partial charge is 0.159 e. The zero-order valence-corrected chi connectivity index (χ0v) is 12.8. The van der Waals surface area contributed by atoms with Crippen LogP contribution in [0.1, 0.15) is 4.88 Å². The Labute approximate surface area is 117 Å². The molecule has 2 nitrogen and oxygen atoms in total. The predicted octanol–water partition coefficient (Wildman–Crippen LogP) is 3.70. The van der Waals surface area contributed by atoms with Crippen LogP contribution in [0.15, 0.2) is 17.1 Å². The van der Waals surface area contributed by atoms with E-state index in [1.54, 1.807) is 11.3 Å². The topological polar surface area (TPSA) is 15.6 Å². The minimum Gasteiger partial charge on any atom is -0.349 e. The van der Waals surface area contributed by atoms with Crippen molar-refractivity contribution in [3.05, 3.63) is 21.3 Å². The van der Waals surface area contributed by atoms with Gasteiger partial charge >= 0.3 is 0 Å². The van der Waals surface area contributed by atoms with Crippen LogP contribution in [0.25, 0.3) is 0 Å². The van der Waals surface area contributed by atoms with Gasteiger partial charge in [-0.2, -0.15) is 0 Å². The normalized spacial score (nSPS) is 19.9. The summed E-state index contributed by atoms with van der Waals surface area (Å²) in [5, 5.41) is 2.72. The van der Waals surface area contributed by atoms with E-state index in [1.165, 1.54) is 4.88 Å². The molecule has 2 heterocycles. The third kappa shape index (κ3) is 3.15. The number of thioether (sulfide) groups is 1. The van der Waals surface area contributed by atoms with Crippen molar-refractivity contribution in [2.45, 2.75) is 11.8 Å². The van der Waals surface area contributed by atoms with Gasteiger partial charge in [-0.25, -0.2) is 0 Å². The molecule has 2 rings (SSSR count). The van der Waals surface area contributed by atoms with Crippen molar-refractivity contribution in [2.75, 3.05) is 18.9 Å². The van der Waals surface area contributed by atoms with Crippen LogP contribution in [0.4, 0.5) is 0 Å². The molecule has 1 aliphatic heterocycles. The van der Waals surface area contributed by atoms with Crippen LogP contribution in [0.3, 0.4) is 0 Å². The molecule has 1 aromatic heterocycles. The summed E-state index contributed by atoms with van der Waals surface area (Å²) in [6, 6.07) is 4.02. The van der Waals surface area contributed by atoms with Crippen molar-refractivity contribution in [3.8, 4) is 0 Å². The molecule has 0 N–H and O–H groups in total. The maximum atomic E-state index is 5.91. The van der Waals surface area contributed by atoms with Crippen LogP contribution >= 0.6 is 50.6 Å². The second-order valence-electron chi connectivity index (χ2n) is 3.58. The molecule has 0 radical (unpaired) electrons. The van der Waals surface area contributed by atoms with Crippen molar-refractivity contribution in [1.29, 1.82) is 0 Å². The summed E-state index contributed by atoms with van der Waals surface area (Å²) in [5.41, 5.74) is 0. The number of amidine groups is 1. The fourth-order valence-corrected chi connectivity index (χ4v) is 4.08. The van der Waals surface area contributed by atoms with Crippen LogP contribution in [0.5, 0.6) is 0 Å². The molecule has 1 atom stereocenters. The molecule has 0 amide bonds. The van der Waals surface area contributed by atoms with Gasteiger partial charge in [-0.05, 0) is 12.1 Å². The van der Waals surface area contributed by atoms with Gasteiger partial charge < -0.3 is 4.90 Å². The van der Waals surface area contributed by atoms with Crippen molar-refractivity contribution in [3.63, 3.8) is 0 Å². The van der Waals surface area contributed by atoms with Gasteiger partial charge in [0.2, 0.25) is 0 Å². The standard InChI is InChI=1S/C10H12BrClN2S2/c1-14(6-7-2-3-9(12)15-7)10-13-5-8(4-11)16-10/h2-3,8H,4-6H2,1H3. The highest BCUT2D eigenvalue weighted by Crippen LogP contribution is 2.27. The van der Waals surface area contributed by atoms with Crippen LogP contribution in [-0.2, 0) is 6.54 Å². The monoisotopic (exact) mass is 338 g/mol. The fraction of sp³-hybridized carbons (Fsp3) is 0.500. The van der Waals surface area contributed by atoms with Gasteiger partial charge in [-0.15, -0.1) is 11.3 Å². The Hall–Kier alpha value is 0.290. The summed E-state index contributed by atoms with van der Waals surface area (Å²) in [6.07, 6.45) is 0. The molecular weight excluding hydrogens is 328 g/mol. The van der Waals surface area contributed by atoms with Gasteiger partial charge in [-0.1, -0.05) is 39.3 Å². The Bertz CT molecular complexity index is 394. The molecule has 0 fully saturated rings. The third-order valence-corrected chi connectivity index (χ3v) is 5.95. The average molecular weight is 340 g/mol. The van der Waals surface area contributed by atoms with Crippen LogP contribution in [0, 0.1) is 0 Å². The Kier molecular flexibility index (Phi) is 4.58. The van der Waals surface area contributed by atoms with Crippen molar-refractivity contribution < 1.29 is 0 Å². The van der Waals surface area contributed by atoms with E-state index in [0.717, 1.165) is 27.9 Å². The van der Waals surface area contributed by atoms with Crippen LogP contribution in [-0.4, -0.2) is 34.2 Å². The molecule has 0 aliphatic carbocycles. The second-order valence-corrected chi connectivity index (χ2v) is 7.29. The highest BCUT2D eigenvalue weighted by molar-refractivity contribution is 9.09. The Morgan fingerprint density at radius 3 is 3.00 bits per heavy atom. The maximum absolute atomic E-state index is 5.91. The zero-order valence-electron chi connectivity index (χ0n) is 8.82. The van der Waals surface area contributed by atoms with E-state index in [4.69, 9.17) is 11.6 Å². The van der Waals surface area contributed by atoms with Gasteiger partial charge in [0.1, 0.15) is 0 Å². The highest BCUT2D eigenvalue weighted by Gasteiger charge is 2.21. The van der Waals surface area contributed by atoms with E-state index in [-0.39, 0.29) is 0 Å². The van der Waals surface area contributed by atoms with E-state index >= 15 is 0 Å². The number of rotatable bonds is 3. The summed E-state index contributed by atoms with van der Waals surface area (Å²) >= 11 is 12.9. The van der Waals surface area contributed by atoms with Crippen LogP contribution < -0.4 is 0 Å². The first kappa shape index (κ1) is 12.7. The third-order valence-electron chi connectivity index (χ3n) is 2.22. The Morgan fingerprint density at radius 1 is 1.62 bits per heavy atom. The van der Waals surface area contributed by atoms with Gasteiger partial charge in [0, 0.05) is 22.5 Å². The molecule has 0 saturated heterocycles. The first-order valence-electron chi connectivity index (χ1n) is 4.91. The van der Waals surface area contributed by atoms with Gasteiger partial charge in [0.15, 0.2) is 5.17 Å². The van der Waals surface area contributed by atoms with Crippen molar-refractivity contribution >= 4 is 55.8 Å². The highest BCUT2D eigenvalue weighted by atomic mass is 79.9. The van der Waals surface area contributed by atoms with E-state index in [2.05, 4.69) is 38.9 Å². The predicted molar refractivity (Wildman–Crippen MR) is 78.3 cm³/mol. The summed E-state index contributed by atoms with van der Waals surface area (Å²) in [6.45, 7) is 1.80. The van der Waals surface area contributed by atoms with Crippen LogP contribution in [0.2, 0.25) is 4.34 Å². The number of nitrogens with zero attached hydrogens (tertiary/aromatic N) is 2. The zero-order chi connectivity index (χ0) is 11.5. The summed E-state index contributed by atoms with van der Waals surface area (Å²) in [7, 11) is 2.08. The molecule has 0 aromatic carbocycles. The lowest BCUT2D eigenvalue weighted by atomic mass is 10.4. The lowest BCUT2D eigenvalue weighted by Crippen LogP contribution is -2.22. The van der Waals surface area contributed by atoms with E-state index in [1.807, 2.05) is 17.8 Å². The molecule has 0 bridgehead atoms. The molecule has 16 heavy (non-hydrogen) atoms. The molecule has 88 valence electrons. The minimum atomic E-state index is 0.587. The Balaban J connectivity index is 1.91. The lowest BCUT2D eigenvalue weighted by Gasteiger charge is -2.17. The number of aliphatic imine (C=N–C) groups is 1. The van der Waals surface area contributed by atoms with E-state index in [9.17, 15) is 0 Å². The Morgan fingerprint density at radius 2 is 2.44 bits per heavy atom. The number of halogens is 2. The molecule has 0 spiro atoms. The van der Waals surface area contributed by atoms with Gasteiger partial charge in [0.05, 0.1) is 17.4 Å². The number of hydrogen-bond donors (Lipinski definition) is 0. The molecule has 1 aromatic rings. The van der Waals surface area contributed by atoms with Gasteiger partial charge in [0.25, 0.3) is 0 Å².